The number of nitrogen functional groups attached to an aromatic ring is 1. The summed E-state index contributed by atoms with van der Waals surface area (Å²) in [5.41, 5.74) is 7.46. The number of ether oxygens (including phenoxy) is 1. The number of anilines is 1. The highest BCUT2D eigenvalue weighted by Crippen LogP contribution is 2.22. The van der Waals surface area contributed by atoms with E-state index < -0.39 is 0 Å². The van der Waals surface area contributed by atoms with E-state index in [4.69, 9.17) is 5.73 Å². The number of hydrogen-bond donors (Lipinski definition) is 2. The molecule has 1 heterocycles. The first kappa shape index (κ1) is 13.4. The molecule has 7 heteroatoms. The maximum atomic E-state index is 11.3. The Morgan fingerprint density at radius 3 is 2.79 bits per heavy atom. The van der Waals surface area contributed by atoms with Gasteiger partial charge in [0, 0.05) is 5.75 Å². The van der Waals surface area contributed by atoms with E-state index in [2.05, 4.69) is 19.9 Å². The number of esters is 1. The Morgan fingerprint density at radius 2 is 2.16 bits per heavy atom. The number of benzene rings is 1. The quantitative estimate of drug-likeness (QED) is 0.634. The molecule has 0 radical (unpaired) electrons. The number of aromatic amines is 1. The van der Waals surface area contributed by atoms with Crippen LogP contribution in [-0.2, 0) is 21.7 Å². The normalized spacial score (nSPS) is 10.4. The summed E-state index contributed by atoms with van der Waals surface area (Å²) in [5, 5.41) is 7.12. The van der Waals surface area contributed by atoms with Gasteiger partial charge >= 0.3 is 5.97 Å². The Bertz CT molecular complexity index is 570. The third-order valence-electron chi connectivity index (χ3n) is 2.52. The number of H-pyrrole nitrogens is 1. The fourth-order valence-electron chi connectivity index (χ4n) is 1.56. The Hall–Kier alpha value is -2.02. The van der Waals surface area contributed by atoms with Gasteiger partial charge in [-0.2, -0.15) is 4.98 Å². The van der Waals surface area contributed by atoms with Gasteiger partial charge in [-0.05, 0) is 11.1 Å². The van der Waals surface area contributed by atoms with E-state index in [1.807, 2.05) is 24.3 Å². The van der Waals surface area contributed by atoms with Crippen molar-refractivity contribution in [2.45, 2.75) is 17.3 Å². The van der Waals surface area contributed by atoms with Gasteiger partial charge in [-0.15, -0.1) is 5.10 Å². The largest absolute Gasteiger partial charge is 0.469 e. The van der Waals surface area contributed by atoms with Crippen LogP contribution in [0.3, 0.4) is 0 Å². The van der Waals surface area contributed by atoms with Gasteiger partial charge in [-0.1, -0.05) is 36.0 Å². The molecule has 19 heavy (non-hydrogen) atoms. The SMILES string of the molecule is COC(=O)Cc1ccccc1CSc1n[nH]c(N)n1. The standard InChI is InChI=1S/C12H14N4O2S/c1-18-10(17)6-8-4-2-3-5-9(8)7-19-12-14-11(13)15-16-12/h2-5H,6-7H2,1H3,(H3,13,14,15,16). The third kappa shape index (κ3) is 3.72. The van der Waals surface area contributed by atoms with Crippen LogP contribution in [0.25, 0.3) is 0 Å². The summed E-state index contributed by atoms with van der Waals surface area (Å²) in [5.74, 6) is 0.717. The summed E-state index contributed by atoms with van der Waals surface area (Å²) in [7, 11) is 1.39. The van der Waals surface area contributed by atoms with Crippen LogP contribution in [0.5, 0.6) is 0 Å². The van der Waals surface area contributed by atoms with Gasteiger partial charge in [0.2, 0.25) is 11.1 Å². The number of methoxy groups -OCH3 is 1. The summed E-state index contributed by atoms with van der Waals surface area (Å²) >= 11 is 1.46. The first-order valence-corrected chi connectivity index (χ1v) is 6.62. The molecule has 2 aromatic rings. The predicted molar refractivity (Wildman–Crippen MR) is 72.5 cm³/mol. The molecule has 0 amide bonds. The highest BCUT2D eigenvalue weighted by atomic mass is 32.2. The van der Waals surface area contributed by atoms with Gasteiger partial charge in [0.25, 0.3) is 0 Å². The average molecular weight is 278 g/mol. The van der Waals surface area contributed by atoms with E-state index in [-0.39, 0.29) is 12.4 Å². The van der Waals surface area contributed by atoms with E-state index in [0.717, 1.165) is 11.1 Å². The molecule has 2 rings (SSSR count). The molecule has 0 saturated carbocycles. The average Bonchev–Trinajstić information content (AvgIpc) is 2.83. The van der Waals surface area contributed by atoms with Crippen LogP contribution in [0.2, 0.25) is 0 Å². The van der Waals surface area contributed by atoms with Crippen molar-refractivity contribution in [3.8, 4) is 0 Å². The Kier molecular flexibility index (Phi) is 4.40. The van der Waals surface area contributed by atoms with Gasteiger partial charge in [0.1, 0.15) is 0 Å². The maximum Gasteiger partial charge on any atom is 0.309 e. The van der Waals surface area contributed by atoms with Gasteiger partial charge in [0.05, 0.1) is 13.5 Å². The molecule has 0 atom stereocenters. The summed E-state index contributed by atoms with van der Waals surface area (Å²) in [6.45, 7) is 0. The van der Waals surface area contributed by atoms with Crippen molar-refractivity contribution < 1.29 is 9.53 Å². The van der Waals surface area contributed by atoms with E-state index in [1.54, 1.807) is 0 Å². The van der Waals surface area contributed by atoms with Crippen LogP contribution in [-0.4, -0.2) is 28.3 Å². The minimum absolute atomic E-state index is 0.250. The number of nitrogens with zero attached hydrogens (tertiary/aromatic N) is 2. The first-order chi connectivity index (χ1) is 9.19. The fourth-order valence-corrected chi connectivity index (χ4v) is 2.40. The van der Waals surface area contributed by atoms with Crippen LogP contribution in [0.1, 0.15) is 11.1 Å². The molecule has 0 unspecified atom stereocenters. The monoisotopic (exact) mass is 278 g/mol. The first-order valence-electron chi connectivity index (χ1n) is 5.63. The topological polar surface area (TPSA) is 93.9 Å². The summed E-state index contributed by atoms with van der Waals surface area (Å²) in [6, 6.07) is 7.72. The molecule has 6 nitrogen and oxygen atoms in total. The molecule has 0 bridgehead atoms. The minimum Gasteiger partial charge on any atom is -0.469 e. The zero-order valence-corrected chi connectivity index (χ0v) is 11.2. The number of aromatic nitrogens is 3. The highest BCUT2D eigenvalue weighted by Gasteiger charge is 2.09. The Balaban J connectivity index is 2.05. The molecule has 0 aliphatic rings. The summed E-state index contributed by atoms with van der Waals surface area (Å²) in [4.78, 5) is 15.4. The predicted octanol–water partition coefficient (Wildman–Crippen LogP) is 1.39. The van der Waals surface area contributed by atoms with Gasteiger partial charge in [-0.3, -0.25) is 4.79 Å². The molecule has 0 aliphatic heterocycles. The Morgan fingerprint density at radius 1 is 1.42 bits per heavy atom. The Labute approximate surface area is 114 Å². The molecule has 100 valence electrons. The second-order valence-electron chi connectivity index (χ2n) is 3.81. The van der Waals surface area contributed by atoms with Crippen LogP contribution >= 0.6 is 11.8 Å². The zero-order valence-electron chi connectivity index (χ0n) is 10.4. The van der Waals surface area contributed by atoms with Crippen molar-refractivity contribution in [1.29, 1.82) is 0 Å². The molecular formula is C12H14N4O2S. The van der Waals surface area contributed by atoms with E-state index in [1.165, 1.54) is 18.9 Å². The van der Waals surface area contributed by atoms with Crippen LogP contribution < -0.4 is 5.73 Å². The smallest absolute Gasteiger partial charge is 0.309 e. The van der Waals surface area contributed by atoms with Gasteiger partial charge in [0.15, 0.2) is 0 Å². The molecule has 0 fully saturated rings. The molecule has 0 aliphatic carbocycles. The molecule has 3 N–H and O–H groups in total. The number of nitrogens with one attached hydrogen (secondary N) is 1. The highest BCUT2D eigenvalue weighted by molar-refractivity contribution is 7.98. The number of hydrogen-bond acceptors (Lipinski definition) is 6. The number of carbonyl (C=O) groups is 1. The molecule has 1 aromatic carbocycles. The minimum atomic E-state index is -0.250. The van der Waals surface area contributed by atoms with E-state index >= 15 is 0 Å². The van der Waals surface area contributed by atoms with Gasteiger partial charge < -0.3 is 10.5 Å². The number of carbonyl (C=O) groups excluding carboxylic acids is 1. The number of rotatable bonds is 5. The molecule has 0 saturated heterocycles. The molecule has 1 aromatic heterocycles. The maximum absolute atomic E-state index is 11.3. The van der Waals surface area contributed by atoms with Crippen molar-refractivity contribution in [3.05, 3.63) is 35.4 Å². The van der Waals surface area contributed by atoms with Crippen molar-refractivity contribution in [2.75, 3.05) is 12.8 Å². The van der Waals surface area contributed by atoms with Crippen molar-refractivity contribution >= 4 is 23.7 Å². The van der Waals surface area contributed by atoms with Crippen LogP contribution in [0.15, 0.2) is 29.4 Å². The lowest BCUT2D eigenvalue weighted by Crippen LogP contribution is -2.06. The van der Waals surface area contributed by atoms with Crippen molar-refractivity contribution in [3.63, 3.8) is 0 Å². The summed E-state index contributed by atoms with van der Waals surface area (Å²) in [6.07, 6.45) is 0.267. The third-order valence-corrected chi connectivity index (χ3v) is 3.42. The lowest BCUT2D eigenvalue weighted by atomic mass is 10.1. The second-order valence-corrected chi connectivity index (χ2v) is 4.76. The summed E-state index contributed by atoms with van der Waals surface area (Å²) < 4.78 is 4.68. The lowest BCUT2D eigenvalue weighted by molar-refractivity contribution is -0.139. The number of thioether (sulfide) groups is 1. The molecule has 0 spiro atoms. The van der Waals surface area contributed by atoms with Gasteiger partial charge in [-0.25, -0.2) is 5.10 Å². The van der Waals surface area contributed by atoms with E-state index in [9.17, 15) is 4.79 Å². The second kappa shape index (κ2) is 6.24. The number of nitrogens with two attached hydrogens (primary N) is 1. The van der Waals surface area contributed by atoms with Crippen molar-refractivity contribution in [2.24, 2.45) is 0 Å². The molecular weight excluding hydrogens is 264 g/mol. The lowest BCUT2D eigenvalue weighted by Gasteiger charge is -2.07. The fraction of sp³-hybridized carbons (Fsp3) is 0.250. The van der Waals surface area contributed by atoms with E-state index in [0.29, 0.717) is 16.9 Å². The van der Waals surface area contributed by atoms with Crippen LogP contribution in [0.4, 0.5) is 5.95 Å². The zero-order chi connectivity index (χ0) is 13.7. The van der Waals surface area contributed by atoms with Crippen LogP contribution in [0, 0.1) is 0 Å². The van der Waals surface area contributed by atoms with Crippen molar-refractivity contribution in [1.82, 2.24) is 15.2 Å².